The summed E-state index contributed by atoms with van der Waals surface area (Å²) in [6.07, 6.45) is 3.84. The molecule has 21 heavy (non-hydrogen) atoms. The number of aromatic nitrogens is 4. The molecular formula is C16H23N5. The molecule has 1 aliphatic rings. The maximum atomic E-state index is 4.15. The molecule has 1 fully saturated rings. The summed E-state index contributed by atoms with van der Waals surface area (Å²) in [7, 11) is 0. The Morgan fingerprint density at radius 1 is 1.10 bits per heavy atom. The van der Waals surface area contributed by atoms with E-state index in [0.717, 1.165) is 23.3 Å². The van der Waals surface area contributed by atoms with Gasteiger partial charge < -0.3 is 5.32 Å². The van der Waals surface area contributed by atoms with Gasteiger partial charge in [0.2, 0.25) is 0 Å². The van der Waals surface area contributed by atoms with Crippen LogP contribution in [0.3, 0.4) is 0 Å². The van der Waals surface area contributed by atoms with Gasteiger partial charge in [-0.25, -0.2) is 0 Å². The van der Waals surface area contributed by atoms with Crippen molar-refractivity contribution >= 4 is 0 Å². The summed E-state index contributed by atoms with van der Waals surface area (Å²) >= 11 is 0. The summed E-state index contributed by atoms with van der Waals surface area (Å²) in [5, 5.41) is 15.7. The number of nitrogens with one attached hydrogen (secondary N) is 1. The second kappa shape index (κ2) is 6.35. The van der Waals surface area contributed by atoms with Gasteiger partial charge in [-0.15, -0.1) is 5.10 Å². The highest BCUT2D eigenvalue weighted by atomic mass is 15.5. The maximum Gasteiger partial charge on any atom is 0.170 e. The van der Waals surface area contributed by atoms with Crippen molar-refractivity contribution in [1.29, 1.82) is 0 Å². The van der Waals surface area contributed by atoms with Crippen molar-refractivity contribution in [2.45, 2.75) is 45.7 Å². The van der Waals surface area contributed by atoms with Gasteiger partial charge in [0.05, 0.1) is 12.2 Å². The van der Waals surface area contributed by atoms with Crippen LogP contribution >= 0.6 is 0 Å². The lowest BCUT2D eigenvalue weighted by molar-refractivity contribution is 0.237. The Hall–Kier alpha value is -1.75. The molecule has 2 unspecified atom stereocenters. The smallest absolute Gasteiger partial charge is 0.170 e. The molecule has 1 aliphatic carbocycles. The SMILES string of the molecule is CC1CC(C)CC(NCc2nnnn2-c2ccccc2)C1. The van der Waals surface area contributed by atoms with Crippen LogP contribution in [0.1, 0.15) is 38.9 Å². The Morgan fingerprint density at radius 2 is 1.81 bits per heavy atom. The molecule has 5 heteroatoms. The average Bonchev–Trinajstić information content (AvgIpc) is 2.93. The first-order valence-corrected chi connectivity index (χ1v) is 7.78. The van der Waals surface area contributed by atoms with Gasteiger partial charge in [0, 0.05) is 6.04 Å². The fraction of sp³-hybridized carbons (Fsp3) is 0.562. The minimum atomic E-state index is 0.574. The molecule has 5 nitrogen and oxygen atoms in total. The molecule has 112 valence electrons. The van der Waals surface area contributed by atoms with Crippen LogP contribution in [-0.4, -0.2) is 26.2 Å². The van der Waals surface area contributed by atoms with Crippen molar-refractivity contribution in [3.05, 3.63) is 36.2 Å². The van der Waals surface area contributed by atoms with E-state index in [2.05, 4.69) is 34.7 Å². The van der Waals surface area contributed by atoms with Crippen molar-refractivity contribution in [3.63, 3.8) is 0 Å². The maximum absolute atomic E-state index is 4.15. The van der Waals surface area contributed by atoms with Crippen molar-refractivity contribution in [2.75, 3.05) is 0 Å². The third kappa shape index (κ3) is 3.47. The molecule has 0 bridgehead atoms. The molecule has 1 N–H and O–H groups in total. The quantitative estimate of drug-likeness (QED) is 0.938. The molecule has 2 aromatic rings. The monoisotopic (exact) mass is 285 g/mol. The summed E-state index contributed by atoms with van der Waals surface area (Å²) in [5.41, 5.74) is 1.00. The summed E-state index contributed by atoms with van der Waals surface area (Å²) in [5.74, 6) is 2.47. The molecule has 1 heterocycles. The molecule has 0 radical (unpaired) electrons. The lowest BCUT2D eigenvalue weighted by atomic mass is 9.80. The largest absolute Gasteiger partial charge is 0.307 e. The Morgan fingerprint density at radius 3 is 2.52 bits per heavy atom. The number of benzene rings is 1. The lowest BCUT2D eigenvalue weighted by Gasteiger charge is -2.31. The van der Waals surface area contributed by atoms with Crippen LogP contribution in [0.15, 0.2) is 30.3 Å². The van der Waals surface area contributed by atoms with Gasteiger partial charge in [0.1, 0.15) is 0 Å². The van der Waals surface area contributed by atoms with Crippen LogP contribution in [0, 0.1) is 11.8 Å². The van der Waals surface area contributed by atoms with Gasteiger partial charge in [-0.05, 0) is 53.7 Å². The van der Waals surface area contributed by atoms with E-state index in [9.17, 15) is 0 Å². The normalized spacial score (nSPS) is 25.9. The van der Waals surface area contributed by atoms with Crippen LogP contribution < -0.4 is 5.32 Å². The van der Waals surface area contributed by atoms with E-state index in [0.29, 0.717) is 12.6 Å². The standard InChI is InChI=1S/C16H23N5/c1-12-8-13(2)10-14(9-12)17-11-16-18-19-20-21(16)15-6-4-3-5-7-15/h3-7,12-14,17H,8-11H2,1-2H3. The van der Waals surface area contributed by atoms with Gasteiger partial charge in [0.15, 0.2) is 5.82 Å². The summed E-state index contributed by atoms with van der Waals surface area (Å²) in [4.78, 5) is 0. The zero-order valence-corrected chi connectivity index (χ0v) is 12.7. The third-order valence-corrected chi connectivity index (χ3v) is 4.26. The first-order valence-electron chi connectivity index (χ1n) is 7.78. The topological polar surface area (TPSA) is 55.6 Å². The van der Waals surface area contributed by atoms with Gasteiger partial charge in [-0.2, -0.15) is 4.68 Å². The van der Waals surface area contributed by atoms with E-state index in [1.165, 1.54) is 19.3 Å². The molecule has 1 aromatic carbocycles. The van der Waals surface area contributed by atoms with Gasteiger partial charge in [-0.1, -0.05) is 32.0 Å². The number of hydrogen-bond donors (Lipinski definition) is 1. The number of hydrogen-bond acceptors (Lipinski definition) is 4. The second-order valence-electron chi connectivity index (χ2n) is 6.34. The molecule has 0 aliphatic heterocycles. The van der Waals surface area contributed by atoms with Gasteiger partial charge in [-0.3, -0.25) is 0 Å². The minimum absolute atomic E-state index is 0.574. The third-order valence-electron chi connectivity index (χ3n) is 4.26. The van der Waals surface area contributed by atoms with Gasteiger partial charge in [0.25, 0.3) is 0 Å². The molecule has 1 aromatic heterocycles. The Balaban J connectivity index is 1.65. The lowest BCUT2D eigenvalue weighted by Crippen LogP contribution is -2.36. The predicted molar refractivity (Wildman–Crippen MR) is 82.0 cm³/mol. The molecular weight excluding hydrogens is 262 g/mol. The van der Waals surface area contributed by atoms with Gasteiger partial charge >= 0.3 is 0 Å². The molecule has 3 rings (SSSR count). The van der Waals surface area contributed by atoms with Crippen LogP contribution in [0.4, 0.5) is 0 Å². The van der Waals surface area contributed by atoms with E-state index in [-0.39, 0.29) is 0 Å². The van der Waals surface area contributed by atoms with Crippen LogP contribution in [-0.2, 0) is 6.54 Å². The van der Waals surface area contributed by atoms with E-state index < -0.39 is 0 Å². The highest BCUT2D eigenvalue weighted by molar-refractivity contribution is 5.30. The zero-order valence-electron chi connectivity index (χ0n) is 12.7. The van der Waals surface area contributed by atoms with E-state index >= 15 is 0 Å². The number of rotatable bonds is 4. The fourth-order valence-corrected chi connectivity index (χ4v) is 3.43. The number of nitrogens with zero attached hydrogens (tertiary/aromatic N) is 4. The summed E-state index contributed by atoms with van der Waals surface area (Å²) in [6, 6.07) is 10.6. The Kier molecular flexibility index (Phi) is 4.29. The average molecular weight is 285 g/mol. The van der Waals surface area contributed by atoms with Crippen molar-refractivity contribution in [2.24, 2.45) is 11.8 Å². The number of para-hydroxylation sites is 1. The van der Waals surface area contributed by atoms with Crippen molar-refractivity contribution < 1.29 is 0 Å². The first-order chi connectivity index (χ1) is 10.2. The first kappa shape index (κ1) is 14.2. The Labute approximate surface area is 125 Å². The highest BCUT2D eigenvalue weighted by Crippen LogP contribution is 2.28. The highest BCUT2D eigenvalue weighted by Gasteiger charge is 2.23. The fourth-order valence-electron chi connectivity index (χ4n) is 3.43. The summed E-state index contributed by atoms with van der Waals surface area (Å²) < 4.78 is 1.81. The van der Waals surface area contributed by atoms with Crippen molar-refractivity contribution in [3.8, 4) is 5.69 Å². The summed E-state index contributed by atoms with van der Waals surface area (Å²) in [6.45, 7) is 5.41. The van der Waals surface area contributed by atoms with Crippen molar-refractivity contribution in [1.82, 2.24) is 25.5 Å². The minimum Gasteiger partial charge on any atom is -0.307 e. The molecule has 0 spiro atoms. The molecule has 0 amide bonds. The molecule has 1 saturated carbocycles. The van der Waals surface area contributed by atoms with E-state index in [1.54, 1.807) is 0 Å². The zero-order chi connectivity index (χ0) is 14.7. The molecule has 2 atom stereocenters. The Bertz CT molecular complexity index is 555. The van der Waals surface area contributed by atoms with Crippen LogP contribution in [0.5, 0.6) is 0 Å². The second-order valence-corrected chi connectivity index (χ2v) is 6.34. The van der Waals surface area contributed by atoms with Crippen LogP contribution in [0.25, 0.3) is 5.69 Å². The van der Waals surface area contributed by atoms with E-state index in [1.807, 2.05) is 35.0 Å². The number of tetrazole rings is 1. The van der Waals surface area contributed by atoms with Crippen LogP contribution in [0.2, 0.25) is 0 Å². The predicted octanol–water partition coefficient (Wildman–Crippen LogP) is 2.58. The van der Waals surface area contributed by atoms with E-state index in [4.69, 9.17) is 0 Å². The molecule has 0 saturated heterocycles.